The number of H-pyrrole nitrogens is 1. The summed E-state index contributed by atoms with van der Waals surface area (Å²) in [6, 6.07) is -0.0431. The van der Waals surface area contributed by atoms with E-state index in [1.165, 1.54) is 25.7 Å². The number of aromatic amines is 1. The van der Waals surface area contributed by atoms with Crippen LogP contribution in [0.4, 0.5) is 10.6 Å². The number of anilines is 1. The maximum absolute atomic E-state index is 12.8. The average molecular weight is 372 g/mol. The van der Waals surface area contributed by atoms with Gasteiger partial charge in [-0.05, 0) is 19.3 Å². The highest BCUT2D eigenvalue weighted by atomic mass is 35.5. The third-order valence-corrected chi connectivity index (χ3v) is 5.32. The van der Waals surface area contributed by atoms with E-state index in [1.807, 2.05) is 0 Å². The van der Waals surface area contributed by atoms with Gasteiger partial charge in [0, 0.05) is 18.3 Å². The topological polar surface area (TPSA) is 64.6 Å². The summed E-state index contributed by atoms with van der Waals surface area (Å²) in [4.78, 5) is 29.3. The lowest BCUT2D eigenvalue weighted by molar-refractivity contribution is 0.227. The van der Waals surface area contributed by atoms with Gasteiger partial charge in [0.1, 0.15) is 11.5 Å². The Kier molecular flexibility index (Phi) is 5.06. The van der Waals surface area contributed by atoms with Crippen LogP contribution in [0.3, 0.4) is 0 Å². The number of hydrogen-bond acceptors (Lipinski definition) is 3. The van der Waals surface area contributed by atoms with Crippen LogP contribution >= 0.6 is 24.0 Å². The van der Waals surface area contributed by atoms with Crippen LogP contribution in [0.2, 0.25) is 0 Å². The van der Waals surface area contributed by atoms with Crippen molar-refractivity contribution >= 4 is 41.7 Å². The van der Waals surface area contributed by atoms with E-state index >= 15 is 0 Å². The molecule has 1 unspecified atom stereocenters. The summed E-state index contributed by atoms with van der Waals surface area (Å²) in [7, 11) is 0. The molecule has 1 aromatic rings. The highest BCUT2D eigenvalue weighted by molar-refractivity contribution is 6.20. The summed E-state index contributed by atoms with van der Waals surface area (Å²) in [6.45, 7) is 3.32. The number of aromatic nitrogens is 2. The van der Waals surface area contributed by atoms with Gasteiger partial charge < -0.3 is 4.98 Å². The van der Waals surface area contributed by atoms with Crippen molar-refractivity contribution < 1.29 is 4.79 Å². The Bertz CT molecular complexity index is 653. The van der Waals surface area contributed by atoms with Gasteiger partial charge in [0.05, 0.1) is 12.6 Å². The number of nitrogens with zero attached hydrogens (tertiary/aromatic N) is 4. The molecule has 0 radical (unpaired) electrons. The fourth-order valence-electron chi connectivity index (χ4n) is 3.82. The Balaban J connectivity index is 0.00000169. The van der Waals surface area contributed by atoms with Gasteiger partial charge in [0.15, 0.2) is 11.7 Å². The molecule has 24 heavy (non-hydrogen) atoms. The number of urea groups is 1. The summed E-state index contributed by atoms with van der Waals surface area (Å²) in [5, 5.41) is 0. The molecular formula is C16H23Cl2N5O. The van der Waals surface area contributed by atoms with Crippen LogP contribution in [0.1, 0.15) is 56.5 Å². The van der Waals surface area contributed by atoms with Gasteiger partial charge in [-0.3, -0.25) is 14.8 Å². The maximum atomic E-state index is 12.8. The Labute approximate surface area is 153 Å². The lowest BCUT2D eigenvalue weighted by Crippen LogP contribution is -2.50. The lowest BCUT2D eigenvalue weighted by Gasteiger charge is -2.32. The molecule has 3 aliphatic rings. The summed E-state index contributed by atoms with van der Waals surface area (Å²) in [5.41, 5.74) is 0.896. The third kappa shape index (κ3) is 2.69. The van der Waals surface area contributed by atoms with Gasteiger partial charge in [0.25, 0.3) is 0 Å². The van der Waals surface area contributed by atoms with Crippen LogP contribution in [0, 0.1) is 0 Å². The Morgan fingerprint density at radius 1 is 1.33 bits per heavy atom. The van der Waals surface area contributed by atoms with Gasteiger partial charge in [0.2, 0.25) is 0 Å². The lowest BCUT2D eigenvalue weighted by atomic mass is 10.1. The first-order valence-corrected chi connectivity index (χ1v) is 9.09. The smallest absolute Gasteiger partial charge is 0.331 e. The molecule has 1 N–H and O–H groups in total. The first-order valence-electron chi connectivity index (χ1n) is 8.56. The molecule has 0 spiro atoms. The van der Waals surface area contributed by atoms with Crippen molar-refractivity contribution in [1.29, 1.82) is 0 Å². The van der Waals surface area contributed by atoms with E-state index in [4.69, 9.17) is 16.6 Å². The second kappa shape index (κ2) is 6.92. The number of aliphatic imine (C=N–C) groups is 1. The van der Waals surface area contributed by atoms with Crippen molar-refractivity contribution in [3.8, 4) is 0 Å². The van der Waals surface area contributed by atoms with Crippen molar-refractivity contribution in [2.45, 2.75) is 51.0 Å². The van der Waals surface area contributed by atoms with Crippen LogP contribution in [0.5, 0.6) is 0 Å². The number of nitrogens with one attached hydrogen (secondary N) is 1. The number of fused-ring (bicyclic) bond motifs is 3. The average Bonchev–Trinajstić information content (AvgIpc) is 3.28. The van der Waals surface area contributed by atoms with Crippen molar-refractivity contribution in [2.75, 3.05) is 23.9 Å². The second-order valence-corrected chi connectivity index (χ2v) is 6.92. The van der Waals surface area contributed by atoms with E-state index in [-0.39, 0.29) is 24.5 Å². The first kappa shape index (κ1) is 17.5. The van der Waals surface area contributed by atoms with Gasteiger partial charge in [-0.2, -0.15) is 0 Å². The van der Waals surface area contributed by atoms with E-state index < -0.39 is 0 Å². The Hall–Kier alpha value is -1.27. The van der Waals surface area contributed by atoms with Crippen LogP contribution in [-0.4, -0.2) is 51.7 Å². The Morgan fingerprint density at radius 2 is 2.08 bits per heavy atom. The Morgan fingerprint density at radius 3 is 2.75 bits per heavy atom. The molecule has 2 amide bonds. The van der Waals surface area contributed by atoms with Crippen LogP contribution < -0.4 is 4.90 Å². The minimum absolute atomic E-state index is 0. The number of amidine groups is 1. The minimum atomic E-state index is -0.0247. The summed E-state index contributed by atoms with van der Waals surface area (Å²) < 4.78 is 0. The first-order chi connectivity index (χ1) is 11.2. The number of rotatable bonds is 4. The van der Waals surface area contributed by atoms with E-state index in [0.29, 0.717) is 24.9 Å². The number of carbonyl (C=O) groups is 1. The molecule has 8 heteroatoms. The van der Waals surface area contributed by atoms with E-state index in [2.05, 4.69) is 16.9 Å². The summed E-state index contributed by atoms with van der Waals surface area (Å²) in [5.74, 6) is 3.41. The monoisotopic (exact) mass is 371 g/mol. The molecular weight excluding hydrogens is 349 g/mol. The number of hydrogen-bond donors (Lipinski definition) is 1. The van der Waals surface area contributed by atoms with Gasteiger partial charge in [-0.1, -0.05) is 19.8 Å². The van der Waals surface area contributed by atoms with E-state index in [9.17, 15) is 4.79 Å². The third-order valence-electron chi connectivity index (χ3n) is 4.97. The highest BCUT2D eigenvalue weighted by Crippen LogP contribution is 2.37. The number of halogens is 2. The van der Waals surface area contributed by atoms with Crippen LogP contribution in [0.15, 0.2) is 4.99 Å². The van der Waals surface area contributed by atoms with Crippen molar-refractivity contribution in [1.82, 2.24) is 14.9 Å². The van der Waals surface area contributed by atoms with Gasteiger partial charge in [-0.15, -0.1) is 24.0 Å². The number of amides is 2. The minimum Gasteiger partial charge on any atom is -0.337 e. The van der Waals surface area contributed by atoms with Crippen LogP contribution in [0.25, 0.3) is 0 Å². The quantitative estimate of drug-likeness (QED) is 0.822. The zero-order valence-electron chi connectivity index (χ0n) is 13.8. The molecule has 0 bridgehead atoms. The normalized spacial score (nSPS) is 23.2. The maximum Gasteiger partial charge on any atom is 0.331 e. The highest BCUT2D eigenvalue weighted by Gasteiger charge is 2.42. The van der Waals surface area contributed by atoms with Crippen molar-refractivity contribution in [3.63, 3.8) is 0 Å². The van der Waals surface area contributed by atoms with E-state index in [0.717, 1.165) is 29.6 Å². The number of alkyl halides is 1. The van der Waals surface area contributed by atoms with Gasteiger partial charge in [-0.25, -0.2) is 9.78 Å². The van der Waals surface area contributed by atoms with Gasteiger partial charge >= 0.3 is 6.03 Å². The second-order valence-electron chi connectivity index (χ2n) is 6.61. The molecule has 0 aromatic carbocycles. The molecule has 0 saturated heterocycles. The molecule has 1 atom stereocenters. The zero-order valence-corrected chi connectivity index (χ0v) is 15.4. The molecule has 1 fully saturated rings. The molecule has 4 rings (SSSR count). The molecule has 3 heterocycles. The van der Waals surface area contributed by atoms with Crippen LogP contribution in [-0.2, 0) is 0 Å². The summed E-state index contributed by atoms with van der Waals surface area (Å²) in [6.07, 6.45) is 5.77. The largest absolute Gasteiger partial charge is 0.337 e. The molecule has 132 valence electrons. The van der Waals surface area contributed by atoms with E-state index in [1.54, 1.807) is 9.80 Å². The standard InChI is InChI=1S/C16H22ClN5O.ClH/c1-2-7-21-15-12(19-13(20-15)10-5-3-4-6-10)14-18-11(8-17)9-22(14)16(21)23;/h10-11H,2-9H2,1H3,(H,19,20);1H. The molecule has 2 aliphatic heterocycles. The predicted octanol–water partition coefficient (Wildman–Crippen LogP) is 3.51. The predicted molar refractivity (Wildman–Crippen MR) is 97.8 cm³/mol. The molecule has 1 saturated carbocycles. The summed E-state index contributed by atoms with van der Waals surface area (Å²) >= 11 is 5.97. The van der Waals surface area contributed by atoms with Crippen molar-refractivity contribution in [3.05, 3.63) is 11.5 Å². The number of carbonyl (C=O) groups excluding carboxylic acids is 1. The SMILES string of the molecule is CCCN1C(=O)N2CC(CCl)N=C2c2[nH]c(C3CCCC3)nc21.Cl. The van der Waals surface area contributed by atoms with Crippen molar-refractivity contribution in [2.24, 2.45) is 4.99 Å². The number of imidazole rings is 1. The zero-order chi connectivity index (χ0) is 16.0. The fourth-order valence-corrected chi connectivity index (χ4v) is 3.99. The molecule has 1 aliphatic carbocycles. The molecule has 6 nitrogen and oxygen atoms in total. The fraction of sp³-hybridized carbons (Fsp3) is 0.688. The molecule has 1 aromatic heterocycles.